The van der Waals surface area contributed by atoms with Crippen molar-refractivity contribution in [2.24, 2.45) is 0 Å². The number of rotatable bonds is 11. The lowest BCUT2D eigenvalue weighted by molar-refractivity contribution is 0.104. The van der Waals surface area contributed by atoms with E-state index in [9.17, 15) is 15.0 Å². The number of ether oxygens (including phenoxy) is 1. The highest BCUT2D eigenvalue weighted by molar-refractivity contribution is 6.08. The lowest BCUT2D eigenvalue weighted by atomic mass is 10.1. The minimum atomic E-state index is -0.335. The molecule has 4 heteroatoms. The molecule has 2 aromatic rings. The Kier molecular flexibility index (Phi) is 8.43. The van der Waals surface area contributed by atoms with Crippen LogP contribution in [0.4, 0.5) is 0 Å². The van der Waals surface area contributed by atoms with Gasteiger partial charge in [-0.15, -0.1) is 0 Å². The zero-order valence-electron chi connectivity index (χ0n) is 15.9. The Morgan fingerprint density at radius 2 is 1.74 bits per heavy atom. The van der Waals surface area contributed by atoms with E-state index in [1.54, 1.807) is 6.08 Å². The summed E-state index contributed by atoms with van der Waals surface area (Å²) in [5.41, 5.74) is 0.963. The summed E-state index contributed by atoms with van der Waals surface area (Å²) in [6.45, 7) is 2.87. The number of carbonyl (C=O) groups is 1. The predicted molar refractivity (Wildman–Crippen MR) is 108 cm³/mol. The first-order chi connectivity index (χ1) is 13.1. The van der Waals surface area contributed by atoms with Gasteiger partial charge in [-0.25, -0.2) is 0 Å². The molecule has 0 spiro atoms. The first kappa shape index (κ1) is 20.6. The average Bonchev–Trinajstić information content (AvgIpc) is 2.66. The van der Waals surface area contributed by atoms with Crippen molar-refractivity contribution in [3.8, 4) is 17.2 Å². The number of benzene rings is 2. The topological polar surface area (TPSA) is 66.8 Å². The molecule has 4 nitrogen and oxygen atoms in total. The van der Waals surface area contributed by atoms with E-state index in [2.05, 4.69) is 6.92 Å². The van der Waals surface area contributed by atoms with Gasteiger partial charge >= 0.3 is 0 Å². The Morgan fingerprint density at radius 3 is 2.52 bits per heavy atom. The summed E-state index contributed by atoms with van der Waals surface area (Å²) < 4.78 is 5.88. The van der Waals surface area contributed by atoms with E-state index < -0.39 is 0 Å². The fourth-order valence-corrected chi connectivity index (χ4v) is 2.80. The van der Waals surface area contributed by atoms with Crippen LogP contribution in [0.15, 0.2) is 48.5 Å². The Bertz CT molecular complexity index is 765. The molecule has 0 bridgehead atoms. The maximum absolute atomic E-state index is 12.3. The van der Waals surface area contributed by atoms with E-state index in [1.807, 2.05) is 24.3 Å². The summed E-state index contributed by atoms with van der Waals surface area (Å²) in [4.78, 5) is 12.3. The number of unbranched alkanes of at least 4 members (excludes halogenated alkanes) is 5. The lowest BCUT2D eigenvalue weighted by Gasteiger charge is -2.09. The smallest absolute Gasteiger partial charge is 0.189 e. The molecule has 0 heterocycles. The van der Waals surface area contributed by atoms with E-state index in [-0.39, 0.29) is 22.8 Å². The predicted octanol–water partition coefficient (Wildman–Crippen LogP) is 5.73. The van der Waals surface area contributed by atoms with Crippen LogP contribution >= 0.6 is 0 Å². The van der Waals surface area contributed by atoms with Crippen LogP contribution in [0.1, 0.15) is 61.4 Å². The number of aromatic hydroxyl groups is 2. The van der Waals surface area contributed by atoms with Gasteiger partial charge < -0.3 is 14.9 Å². The first-order valence-corrected chi connectivity index (χ1v) is 9.58. The molecule has 0 saturated heterocycles. The van der Waals surface area contributed by atoms with E-state index in [0.29, 0.717) is 6.61 Å². The highest BCUT2D eigenvalue weighted by Gasteiger charge is 2.09. The molecule has 0 atom stereocenters. The third-order valence-electron chi connectivity index (χ3n) is 4.34. The summed E-state index contributed by atoms with van der Waals surface area (Å²) in [6.07, 6.45) is 10.3. The highest BCUT2D eigenvalue weighted by Crippen LogP contribution is 2.24. The lowest BCUT2D eigenvalue weighted by Crippen LogP contribution is -1.99. The van der Waals surface area contributed by atoms with Crippen LogP contribution in [-0.4, -0.2) is 22.6 Å². The highest BCUT2D eigenvalue weighted by atomic mass is 16.5. The standard InChI is InChI=1S/C23H28O4/c1-2-3-4-5-6-9-16-27-23-11-8-7-10-18(23)12-15-21(25)20-14-13-19(24)17-22(20)26/h7-8,10-15,17,24,26H,2-6,9,16H2,1H3/b15-12+. The number of hydrogen-bond acceptors (Lipinski definition) is 4. The molecule has 2 N–H and O–H groups in total. The monoisotopic (exact) mass is 368 g/mol. The SMILES string of the molecule is CCCCCCCCOc1ccccc1/C=C/C(=O)c1ccc(O)cc1O. The maximum atomic E-state index is 12.3. The van der Waals surface area contributed by atoms with Gasteiger partial charge in [-0.2, -0.15) is 0 Å². The molecular formula is C23H28O4. The van der Waals surface area contributed by atoms with Crippen molar-refractivity contribution >= 4 is 11.9 Å². The molecule has 2 rings (SSSR count). The molecule has 0 aliphatic carbocycles. The summed E-state index contributed by atoms with van der Waals surface area (Å²) in [5, 5.41) is 19.1. The third kappa shape index (κ3) is 6.81. The zero-order valence-corrected chi connectivity index (χ0v) is 15.9. The first-order valence-electron chi connectivity index (χ1n) is 9.58. The zero-order chi connectivity index (χ0) is 19.5. The van der Waals surface area contributed by atoms with E-state index in [4.69, 9.17) is 4.74 Å². The van der Waals surface area contributed by atoms with Gasteiger partial charge in [0.05, 0.1) is 12.2 Å². The molecule has 0 aliphatic rings. The van der Waals surface area contributed by atoms with E-state index >= 15 is 0 Å². The molecular weight excluding hydrogens is 340 g/mol. The molecule has 144 valence electrons. The second kappa shape index (κ2) is 11.1. The number of hydrogen-bond donors (Lipinski definition) is 2. The van der Waals surface area contributed by atoms with E-state index in [1.165, 1.54) is 43.9 Å². The summed E-state index contributed by atoms with van der Waals surface area (Å²) in [7, 11) is 0. The molecule has 0 aliphatic heterocycles. The summed E-state index contributed by atoms with van der Waals surface area (Å²) >= 11 is 0. The third-order valence-corrected chi connectivity index (χ3v) is 4.34. The van der Waals surface area contributed by atoms with Gasteiger partial charge in [0.1, 0.15) is 17.2 Å². The fourth-order valence-electron chi connectivity index (χ4n) is 2.80. The van der Waals surface area contributed by atoms with E-state index in [0.717, 1.165) is 30.2 Å². The minimum absolute atomic E-state index is 0.0820. The maximum Gasteiger partial charge on any atom is 0.189 e. The number of phenols is 2. The van der Waals surface area contributed by atoms with Crippen LogP contribution in [0.25, 0.3) is 6.08 Å². The van der Waals surface area contributed by atoms with Crippen LogP contribution in [0.2, 0.25) is 0 Å². The molecule has 0 unspecified atom stereocenters. The van der Waals surface area contributed by atoms with Crippen LogP contribution in [0.3, 0.4) is 0 Å². The van der Waals surface area contributed by atoms with Gasteiger partial charge in [-0.3, -0.25) is 4.79 Å². The normalized spacial score (nSPS) is 11.0. The second-order valence-electron chi connectivity index (χ2n) is 6.55. The summed E-state index contributed by atoms with van der Waals surface area (Å²) in [6, 6.07) is 11.5. The van der Waals surface area contributed by atoms with Crippen molar-refractivity contribution in [1.82, 2.24) is 0 Å². The summed E-state index contributed by atoms with van der Waals surface area (Å²) in [5.74, 6) is 0.0852. The molecule has 27 heavy (non-hydrogen) atoms. The Labute approximate surface area is 161 Å². The van der Waals surface area contributed by atoms with Gasteiger partial charge in [-0.05, 0) is 36.8 Å². The Balaban J connectivity index is 1.92. The van der Waals surface area contributed by atoms with Crippen LogP contribution in [0.5, 0.6) is 17.2 Å². The quantitative estimate of drug-likeness (QED) is 0.302. The molecule has 0 fully saturated rings. The minimum Gasteiger partial charge on any atom is -0.508 e. The Hall–Kier alpha value is -2.75. The second-order valence-corrected chi connectivity index (χ2v) is 6.55. The van der Waals surface area contributed by atoms with Gasteiger partial charge in [0.2, 0.25) is 0 Å². The largest absolute Gasteiger partial charge is 0.508 e. The van der Waals surface area contributed by atoms with Crippen molar-refractivity contribution < 1.29 is 19.7 Å². The van der Waals surface area contributed by atoms with Gasteiger partial charge in [0.15, 0.2) is 5.78 Å². The number of phenolic OH excluding ortho intramolecular Hbond substituents is 2. The van der Waals surface area contributed by atoms with Crippen molar-refractivity contribution in [2.45, 2.75) is 45.4 Å². The number of para-hydroxylation sites is 1. The number of ketones is 1. The molecule has 0 amide bonds. The number of carbonyl (C=O) groups excluding carboxylic acids is 1. The molecule has 0 radical (unpaired) electrons. The van der Waals surface area contributed by atoms with Crippen LogP contribution in [-0.2, 0) is 0 Å². The van der Waals surface area contributed by atoms with Crippen molar-refractivity contribution in [2.75, 3.05) is 6.61 Å². The van der Waals surface area contributed by atoms with Crippen molar-refractivity contribution in [3.63, 3.8) is 0 Å². The van der Waals surface area contributed by atoms with Gasteiger partial charge in [-0.1, -0.05) is 57.2 Å². The van der Waals surface area contributed by atoms with Crippen LogP contribution < -0.4 is 4.74 Å². The van der Waals surface area contributed by atoms with Crippen LogP contribution in [0, 0.1) is 0 Å². The fraction of sp³-hybridized carbons (Fsp3) is 0.348. The van der Waals surface area contributed by atoms with Crippen molar-refractivity contribution in [1.29, 1.82) is 0 Å². The van der Waals surface area contributed by atoms with Gasteiger partial charge in [0.25, 0.3) is 0 Å². The van der Waals surface area contributed by atoms with Gasteiger partial charge in [0, 0.05) is 11.6 Å². The molecule has 0 saturated carbocycles. The van der Waals surface area contributed by atoms with Crippen molar-refractivity contribution in [3.05, 3.63) is 59.7 Å². The Morgan fingerprint density at radius 1 is 1.00 bits per heavy atom. The number of allylic oxidation sites excluding steroid dienone is 1. The average molecular weight is 368 g/mol. The molecule has 2 aromatic carbocycles. The molecule has 0 aromatic heterocycles.